The summed E-state index contributed by atoms with van der Waals surface area (Å²) in [5.74, 6) is 0. The first-order valence-corrected chi connectivity index (χ1v) is 11.7. The first-order valence-electron chi connectivity index (χ1n) is 9.27. The first-order chi connectivity index (χ1) is 13.0. The summed E-state index contributed by atoms with van der Waals surface area (Å²) in [5.41, 5.74) is 0.272. The molecular weight excluding hydrogens is 413 g/mol. The van der Waals surface area contributed by atoms with E-state index in [1.165, 1.54) is 15.9 Å². The Hall–Kier alpha value is -1.47. The highest BCUT2D eigenvalue weighted by molar-refractivity contribution is 9.09. The van der Waals surface area contributed by atoms with E-state index in [1.807, 2.05) is 0 Å². The van der Waals surface area contributed by atoms with Crippen LogP contribution in [-0.4, -0.2) is 17.4 Å². The number of rotatable bonds is 5. The van der Waals surface area contributed by atoms with Gasteiger partial charge in [-0.1, -0.05) is 107 Å². The zero-order valence-corrected chi connectivity index (χ0v) is 18.9. The minimum Gasteiger partial charge on any atom is -0.311 e. The van der Waals surface area contributed by atoms with Crippen LogP contribution in [0.5, 0.6) is 0 Å². The lowest BCUT2D eigenvalue weighted by Crippen LogP contribution is -2.36. The number of nitrogens with one attached hydrogen (secondary N) is 1. The SMILES string of the molecule is CC(C)(C)NCCBr.c1ccc(P(c2ccccc2)c2ccccc2)cc1. The fourth-order valence-corrected chi connectivity index (χ4v) is 5.10. The van der Waals surface area contributed by atoms with Crippen molar-refractivity contribution in [2.45, 2.75) is 26.3 Å². The standard InChI is InChI=1S/C18H15P.C6H14BrN/c1-4-10-16(11-5-1)19(17-12-6-2-7-13-17)18-14-8-3-9-15-18;1-6(2,3)8-5-4-7/h1-15H;8H,4-5H2,1-3H3. The molecule has 142 valence electrons. The lowest BCUT2D eigenvalue weighted by molar-refractivity contribution is 0.441. The third-order valence-corrected chi connectivity index (χ3v) is 6.63. The Kier molecular flexibility index (Phi) is 9.21. The predicted octanol–water partition coefficient (Wildman–Crippen LogP) is 5.21. The molecule has 0 saturated carbocycles. The number of hydrogen-bond donors (Lipinski definition) is 1. The molecule has 0 fully saturated rings. The Bertz CT molecular complexity index is 661. The minimum absolute atomic E-state index is 0.272. The lowest BCUT2D eigenvalue weighted by atomic mass is 10.1. The lowest BCUT2D eigenvalue weighted by Gasteiger charge is -2.19. The third kappa shape index (κ3) is 7.97. The van der Waals surface area contributed by atoms with Crippen molar-refractivity contribution in [3.63, 3.8) is 0 Å². The Labute approximate surface area is 174 Å². The summed E-state index contributed by atoms with van der Waals surface area (Å²) < 4.78 is 0. The van der Waals surface area contributed by atoms with Gasteiger partial charge in [-0.25, -0.2) is 0 Å². The molecule has 0 aliphatic heterocycles. The van der Waals surface area contributed by atoms with Crippen LogP contribution in [0.4, 0.5) is 0 Å². The smallest absolute Gasteiger partial charge is 0.0157 e. The van der Waals surface area contributed by atoms with Crippen LogP contribution in [0.15, 0.2) is 91.0 Å². The van der Waals surface area contributed by atoms with Crippen molar-refractivity contribution in [1.82, 2.24) is 5.32 Å². The van der Waals surface area contributed by atoms with Crippen LogP contribution in [0.3, 0.4) is 0 Å². The fourth-order valence-electron chi connectivity index (χ4n) is 2.60. The van der Waals surface area contributed by atoms with Crippen LogP contribution < -0.4 is 21.2 Å². The zero-order chi connectivity index (χ0) is 19.5. The molecule has 0 heterocycles. The van der Waals surface area contributed by atoms with Gasteiger partial charge in [0, 0.05) is 17.4 Å². The van der Waals surface area contributed by atoms with Gasteiger partial charge in [0.2, 0.25) is 0 Å². The molecule has 0 bridgehead atoms. The molecule has 0 amide bonds. The number of hydrogen-bond acceptors (Lipinski definition) is 1. The van der Waals surface area contributed by atoms with Gasteiger partial charge in [-0.3, -0.25) is 0 Å². The molecule has 3 aromatic carbocycles. The Morgan fingerprint density at radius 2 is 1.00 bits per heavy atom. The molecule has 0 aliphatic rings. The van der Waals surface area contributed by atoms with Crippen molar-refractivity contribution >= 4 is 39.8 Å². The highest BCUT2D eigenvalue weighted by Gasteiger charge is 2.14. The van der Waals surface area contributed by atoms with Crippen molar-refractivity contribution in [2.75, 3.05) is 11.9 Å². The van der Waals surface area contributed by atoms with Gasteiger partial charge in [0.1, 0.15) is 0 Å². The average molecular weight is 442 g/mol. The zero-order valence-electron chi connectivity index (χ0n) is 16.4. The summed E-state index contributed by atoms with van der Waals surface area (Å²) in [6.07, 6.45) is 0. The molecule has 3 rings (SSSR count). The van der Waals surface area contributed by atoms with Gasteiger partial charge in [0.25, 0.3) is 0 Å². The largest absolute Gasteiger partial charge is 0.311 e. The van der Waals surface area contributed by atoms with Gasteiger partial charge in [-0.15, -0.1) is 0 Å². The Morgan fingerprint density at radius 1 is 0.667 bits per heavy atom. The summed E-state index contributed by atoms with van der Waals surface area (Å²) in [6.45, 7) is 7.53. The van der Waals surface area contributed by atoms with E-state index < -0.39 is 7.92 Å². The molecule has 0 aliphatic carbocycles. The molecule has 27 heavy (non-hydrogen) atoms. The van der Waals surface area contributed by atoms with Crippen LogP contribution in [0.2, 0.25) is 0 Å². The number of benzene rings is 3. The highest BCUT2D eigenvalue weighted by Crippen LogP contribution is 2.32. The van der Waals surface area contributed by atoms with E-state index in [-0.39, 0.29) is 5.54 Å². The van der Waals surface area contributed by atoms with Gasteiger partial charge < -0.3 is 5.32 Å². The monoisotopic (exact) mass is 441 g/mol. The second-order valence-electron chi connectivity index (χ2n) is 7.21. The molecule has 0 spiro atoms. The maximum atomic E-state index is 3.34. The van der Waals surface area contributed by atoms with Crippen molar-refractivity contribution in [1.29, 1.82) is 0 Å². The highest BCUT2D eigenvalue weighted by atomic mass is 79.9. The van der Waals surface area contributed by atoms with Crippen LogP contribution in [0.25, 0.3) is 0 Å². The van der Waals surface area contributed by atoms with Crippen LogP contribution >= 0.6 is 23.9 Å². The summed E-state index contributed by atoms with van der Waals surface area (Å²) >= 11 is 3.34. The average Bonchev–Trinajstić information content (AvgIpc) is 2.69. The van der Waals surface area contributed by atoms with Crippen LogP contribution in [0, 0.1) is 0 Å². The summed E-state index contributed by atoms with van der Waals surface area (Å²) in [6, 6.07) is 32.3. The van der Waals surface area contributed by atoms with Crippen molar-refractivity contribution < 1.29 is 0 Å². The molecule has 0 atom stereocenters. The Morgan fingerprint density at radius 3 is 1.22 bits per heavy atom. The number of alkyl halides is 1. The molecule has 3 heteroatoms. The molecular formula is C24H29BrNP. The van der Waals surface area contributed by atoms with E-state index in [0.717, 1.165) is 11.9 Å². The molecule has 3 aromatic rings. The topological polar surface area (TPSA) is 12.0 Å². The maximum absolute atomic E-state index is 3.34. The van der Waals surface area contributed by atoms with Crippen LogP contribution in [0.1, 0.15) is 20.8 Å². The van der Waals surface area contributed by atoms with Gasteiger partial charge >= 0.3 is 0 Å². The summed E-state index contributed by atoms with van der Waals surface area (Å²) in [7, 11) is -0.446. The fraction of sp³-hybridized carbons (Fsp3) is 0.250. The van der Waals surface area contributed by atoms with Gasteiger partial charge in [0.05, 0.1) is 0 Å². The molecule has 0 unspecified atom stereocenters. The van der Waals surface area contributed by atoms with E-state index in [1.54, 1.807) is 0 Å². The van der Waals surface area contributed by atoms with Gasteiger partial charge in [-0.2, -0.15) is 0 Å². The van der Waals surface area contributed by atoms with E-state index in [2.05, 4.69) is 133 Å². The van der Waals surface area contributed by atoms with E-state index >= 15 is 0 Å². The van der Waals surface area contributed by atoms with Crippen LogP contribution in [-0.2, 0) is 0 Å². The van der Waals surface area contributed by atoms with Crippen molar-refractivity contribution in [3.8, 4) is 0 Å². The number of halogens is 1. The van der Waals surface area contributed by atoms with Crippen molar-refractivity contribution in [3.05, 3.63) is 91.0 Å². The molecule has 1 N–H and O–H groups in total. The third-order valence-electron chi connectivity index (χ3n) is 3.79. The quantitative estimate of drug-likeness (QED) is 0.422. The molecule has 0 radical (unpaired) electrons. The van der Waals surface area contributed by atoms with Gasteiger partial charge in [-0.05, 0) is 44.6 Å². The van der Waals surface area contributed by atoms with Crippen molar-refractivity contribution in [2.24, 2.45) is 0 Å². The molecule has 0 aromatic heterocycles. The predicted molar refractivity (Wildman–Crippen MR) is 127 cm³/mol. The maximum Gasteiger partial charge on any atom is 0.0157 e. The second-order valence-corrected chi connectivity index (χ2v) is 10.2. The summed E-state index contributed by atoms with van der Waals surface area (Å²) in [5, 5.41) is 8.55. The van der Waals surface area contributed by atoms with Gasteiger partial charge in [0.15, 0.2) is 0 Å². The molecule has 1 nitrogen and oxygen atoms in total. The second kappa shape index (κ2) is 11.4. The first kappa shape index (κ1) is 21.8. The van der Waals surface area contributed by atoms with E-state index in [4.69, 9.17) is 0 Å². The minimum atomic E-state index is -0.446. The van der Waals surface area contributed by atoms with E-state index in [0.29, 0.717) is 0 Å². The summed E-state index contributed by atoms with van der Waals surface area (Å²) in [4.78, 5) is 0. The van der Waals surface area contributed by atoms with E-state index in [9.17, 15) is 0 Å². The molecule has 0 saturated heterocycles. The normalized spacial score (nSPS) is 11.0. The Balaban J connectivity index is 0.000000279.